The highest BCUT2D eigenvalue weighted by Crippen LogP contribution is 2.33. The van der Waals surface area contributed by atoms with Crippen LogP contribution >= 0.6 is 0 Å². The van der Waals surface area contributed by atoms with E-state index in [9.17, 15) is 14.4 Å². The Morgan fingerprint density at radius 2 is 1.73 bits per heavy atom. The summed E-state index contributed by atoms with van der Waals surface area (Å²) in [6.45, 7) is 0.602. The van der Waals surface area contributed by atoms with Crippen molar-refractivity contribution < 1.29 is 9.59 Å². The lowest BCUT2D eigenvalue weighted by molar-refractivity contribution is -0.127. The molecule has 2 aromatic heterocycles. The van der Waals surface area contributed by atoms with Crippen LogP contribution in [-0.4, -0.2) is 58.7 Å². The van der Waals surface area contributed by atoms with E-state index < -0.39 is 11.9 Å². The molecule has 6 N–H and O–H groups in total. The number of anilines is 2. The highest BCUT2D eigenvalue weighted by Gasteiger charge is 2.36. The molecule has 214 valence electrons. The second-order valence-corrected chi connectivity index (χ2v) is 11.0. The summed E-state index contributed by atoms with van der Waals surface area (Å²) in [7, 11) is 3.75. The average molecular weight is 557 g/mol. The molecule has 11 heteroatoms. The lowest BCUT2D eigenvalue weighted by atomic mass is 9.81. The van der Waals surface area contributed by atoms with E-state index in [0.717, 1.165) is 29.5 Å². The zero-order valence-corrected chi connectivity index (χ0v) is 23.3. The number of carbonyl (C=O) groups is 2. The Morgan fingerprint density at radius 3 is 2.39 bits per heavy atom. The summed E-state index contributed by atoms with van der Waals surface area (Å²) in [6, 6.07) is 11.9. The predicted molar refractivity (Wildman–Crippen MR) is 159 cm³/mol. The number of hydrogen-bond donors (Lipinski definition) is 4. The third kappa shape index (κ3) is 5.99. The number of amides is 2. The molecule has 0 bridgehead atoms. The summed E-state index contributed by atoms with van der Waals surface area (Å²) in [5, 5.41) is 5.89. The standard InChI is InChI=1S/C30H36N8O3/c1-37(2)30-33-16-22(17-34-30)21-5-3-4-19(12-21)13-26(27(32)39)38(29(41)20-8-6-18(15-31)7-9-20)23-10-11-24-25(14-23)35-36-28(24)40/h3-5,10-12,14,16-18,20,26H,6-9,13,15,31H2,1-2H3,(H2,32,39)(H2,35,36,40)/t18?,20?,26-/m0/s1. The molecule has 1 aliphatic carbocycles. The van der Waals surface area contributed by atoms with Crippen molar-refractivity contribution in [3.63, 3.8) is 0 Å². The van der Waals surface area contributed by atoms with Gasteiger partial charge in [0.05, 0.1) is 10.9 Å². The molecule has 2 amide bonds. The lowest BCUT2D eigenvalue weighted by Gasteiger charge is -2.35. The summed E-state index contributed by atoms with van der Waals surface area (Å²) in [4.78, 5) is 51.5. The molecule has 1 atom stereocenters. The smallest absolute Gasteiger partial charge is 0.271 e. The molecule has 2 aromatic carbocycles. The van der Waals surface area contributed by atoms with Crippen molar-refractivity contribution in [3.05, 3.63) is 70.8 Å². The first-order valence-corrected chi connectivity index (χ1v) is 13.9. The molecule has 5 rings (SSSR count). The molecule has 11 nitrogen and oxygen atoms in total. The van der Waals surface area contributed by atoms with Gasteiger partial charge in [0.2, 0.25) is 17.8 Å². The van der Waals surface area contributed by atoms with Crippen molar-refractivity contribution in [2.24, 2.45) is 23.3 Å². The molecule has 1 aliphatic rings. The minimum absolute atomic E-state index is 0.148. The molecular formula is C30H36N8O3. The second-order valence-electron chi connectivity index (χ2n) is 11.0. The number of aromatic amines is 2. The Bertz CT molecular complexity index is 1590. The number of rotatable bonds is 9. The van der Waals surface area contributed by atoms with E-state index in [1.165, 1.54) is 4.90 Å². The van der Waals surface area contributed by atoms with Gasteiger partial charge in [0, 0.05) is 50.1 Å². The maximum atomic E-state index is 14.1. The van der Waals surface area contributed by atoms with E-state index in [1.54, 1.807) is 30.6 Å². The molecule has 1 saturated carbocycles. The minimum atomic E-state index is -0.944. The highest BCUT2D eigenvalue weighted by atomic mass is 16.2. The molecule has 0 aliphatic heterocycles. The third-order valence-electron chi connectivity index (χ3n) is 7.97. The van der Waals surface area contributed by atoms with E-state index in [4.69, 9.17) is 11.5 Å². The summed E-state index contributed by atoms with van der Waals surface area (Å²) in [5.41, 5.74) is 15.2. The summed E-state index contributed by atoms with van der Waals surface area (Å²) >= 11 is 0. The van der Waals surface area contributed by atoms with E-state index >= 15 is 0 Å². The molecule has 0 radical (unpaired) electrons. The van der Waals surface area contributed by atoms with Gasteiger partial charge >= 0.3 is 0 Å². The van der Waals surface area contributed by atoms with E-state index in [2.05, 4.69) is 20.2 Å². The molecule has 41 heavy (non-hydrogen) atoms. The zero-order valence-electron chi connectivity index (χ0n) is 23.3. The number of nitrogens with one attached hydrogen (secondary N) is 2. The first-order chi connectivity index (χ1) is 19.7. The molecule has 0 unspecified atom stereocenters. The fourth-order valence-electron chi connectivity index (χ4n) is 5.60. The lowest BCUT2D eigenvalue weighted by Crippen LogP contribution is -2.52. The number of nitrogens with two attached hydrogens (primary N) is 2. The van der Waals surface area contributed by atoms with Gasteiger partial charge in [0.15, 0.2) is 0 Å². The highest BCUT2D eigenvalue weighted by molar-refractivity contribution is 6.03. The number of nitrogens with zero attached hydrogens (tertiary/aromatic N) is 4. The Balaban J connectivity index is 1.49. The number of fused-ring (bicyclic) bond motifs is 1. The van der Waals surface area contributed by atoms with Crippen LogP contribution in [0.1, 0.15) is 31.2 Å². The topological polar surface area (TPSA) is 167 Å². The Morgan fingerprint density at radius 1 is 1.00 bits per heavy atom. The van der Waals surface area contributed by atoms with E-state index in [0.29, 0.717) is 47.8 Å². The molecule has 0 saturated heterocycles. The first-order valence-electron chi connectivity index (χ1n) is 13.9. The number of H-pyrrole nitrogens is 2. The van der Waals surface area contributed by atoms with Gasteiger partial charge in [0.1, 0.15) is 6.04 Å². The van der Waals surface area contributed by atoms with Crippen molar-refractivity contribution in [2.75, 3.05) is 30.4 Å². The SMILES string of the molecule is CN(C)c1ncc(-c2cccc(C[C@@H](C(N)=O)N(C(=O)C3CCC(CN)CC3)c3ccc4c(=O)[nH][nH]c4c3)c2)cn1. The Labute approximate surface area is 237 Å². The maximum absolute atomic E-state index is 14.1. The third-order valence-corrected chi connectivity index (χ3v) is 7.97. The average Bonchev–Trinajstić information content (AvgIpc) is 3.36. The van der Waals surface area contributed by atoms with E-state index in [-0.39, 0.29) is 23.8 Å². The predicted octanol–water partition coefficient (Wildman–Crippen LogP) is 2.57. The normalized spacial score (nSPS) is 17.7. The Kier molecular flexibility index (Phi) is 8.16. The molecule has 2 heterocycles. The monoisotopic (exact) mass is 556 g/mol. The fraction of sp³-hybridized carbons (Fsp3) is 0.367. The maximum Gasteiger partial charge on any atom is 0.271 e. The fourth-order valence-corrected chi connectivity index (χ4v) is 5.60. The van der Waals surface area contributed by atoms with E-state index in [1.807, 2.05) is 43.3 Å². The number of aromatic nitrogens is 4. The van der Waals surface area contributed by atoms with Gasteiger partial charge in [-0.15, -0.1) is 0 Å². The van der Waals surface area contributed by atoms with Crippen molar-refractivity contribution in [1.29, 1.82) is 0 Å². The largest absolute Gasteiger partial charge is 0.368 e. The van der Waals surface area contributed by atoms with Crippen LogP contribution < -0.4 is 26.8 Å². The van der Waals surface area contributed by atoms with Crippen molar-refractivity contribution >= 4 is 34.4 Å². The van der Waals surface area contributed by atoms with Crippen LogP contribution in [0.5, 0.6) is 0 Å². The zero-order chi connectivity index (χ0) is 29.1. The summed E-state index contributed by atoms with van der Waals surface area (Å²) in [5.74, 6) is -0.00122. The molecular weight excluding hydrogens is 520 g/mol. The number of carbonyl (C=O) groups excluding carboxylic acids is 2. The molecule has 4 aromatic rings. The van der Waals surface area contributed by atoms with Crippen LogP contribution in [-0.2, 0) is 16.0 Å². The van der Waals surface area contributed by atoms with Crippen LogP contribution in [0.4, 0.5) is 11.6 Å². The van der Waals surface area contributed by atoms with Crippen LogP contribution in [0.15, 0.2) is 59.7 Å². The van der Waals surface area contributed by atoms with Crippen LogP contribution in [0.25, 0.3) is 22.0 Å². The minimum Gasteiger partial charge on any atom is -0.368 e. The number of benzene rings is 2. The second kappa shape index (κ2) is 11.9. The van der Waals surface area contributed by atoms with Crippen molar-refractivity contribution in [3.8, 4) is 11.1 Å². The van der Waals surface area contributed by atoms with Gasteiger partial charge in [-0.05, 0) is 67.5 Å². The van der Waals surface area contributed by atoms with Crippen LogP contribution in [0.2, 0.25) is 0 Å². The first kappa shape index (κ1) is 28.0. The molecule has 1 fully saturated rings. The van der Waals surface area contributed by atoms with Crippen LogP contribution in [0.3, 0.4) is 0 Å². The van der Waals surface area contributed by atoms with Crippen LogP contribution in [0, 0.1) is 11.8 Å². The van der Waals surface area contributed by atoms with Gasteiger partial charge in [-0.3, -0.25) is 29.5 Å². The number of primary amides is 1. The summed E-state index contributed by atoms with van der Waals surface area (Å²) in [6.07, 6.45) is 6.85. The van der Waals surface area contributed by atoms with Crippen molar-refractivity contribution in [1.82, 2.24) is 20.2 Å². The van der Waals surface area contributed by atoms with Gasteiger partial charge < -0.3 is 16.4 Å². The van der Waals surface area contributed by atoms with Gasteiger partial charge in [-0.1, -0.05) is 24.3 Å². The number of hydrogen-bond acceptors (Lipinski definition) is 7. The van der Waals surface area contributed by atoms with Gasteiger partial charge in [-0.25, -0.2) is 9.97 Å². The summed E-state index contributed by atoms with van der Waals surface area (Å²) < 4.78 is 0. The van der Waals surface area contributed by atoms with Gasteiger partial charge in [0.25, 0.3) is 5.56 Å². The van der Waals surface area contributed by atoms with Gasteiger partial charge in [-0.2, -0.15) is 0 Å². The quantitative estimate of drug-likeness (QED) is 0.246. The molecule has 0 spiro atoms. The Hall–Kier alpha value is -4.51. The van der Waals surface area contributed by atoms with Crippen molar-refractivity contribution in [2.45, 2.75) is 38.1 Å².